The summed E-state index contributed by atoms with van der Waals surface area (Å²) in [6, 6.07) is 4.55. The Bertz CT molecular complexity index is 411. The Kier molecular flexibility index (Phi) is 5.88. The standard InChI is InChI=1S/C12H16ClNO4/c1-17-8-10(13)4-3-9-7-11(14(15)16)5-6-12(9)18-2/h5-7,10H,3-4,8H2,1-2H3. The van der Waals surface area contributed by atoms with Crippen molar-refractivity contribution in [2.24, 2.45) is 0 Å². The SMILES string of the molecule is COCC(Cl)CCc1cc([N+](=O)[O-])ccc1OC. The molecule has 6 heteroatoms. The summed E-state index contributed by atoms with van der Waals surface area (Å²) in [5, 5.41) is 10.6. The predicted octanol–water partition coefficient (Wildman–Crippen LogP) is 2.79. The van der Waals surface area contributed by atoms with Crippen LogP contribution in [0.5, 0.6) is 5.75 Å². The molecule has 0 saturated carbocycles. The molecule has 1 unspecified atom stereocenters. The van der Waals surface area contributed by atoms with Gasteiger partial charge in [-0.25, -0.2) is 0 Å². The molecule has 1 atom stereocenters. The summed E-state index contributed by atoms with van der Waals surface area (Å²) in [7, 11) is 3.13. The molecule has 1 aromatic rings. The van der Waals surface area contributed by atoms with Crippen molar-refractivity contribution in [2.75, 3.05) is 20.8 Å². The number of aryl methyl sites for hydroxylation is 1. The summed E-state index contributed by atoms with van der Waals surface area (Å²) in [6.07, 6.45) is 1.29. The van der Waals surface area contributed by atoms with Crippen LogP contribution in [0.2, 0.25) is 0 Å². The minimum absolute atomic E-state index is 0.0589. The number of ether oxygens (including phenoxy) is 2. The number of rotatable bonds is 7. The molecule has 0 aromatic heterocycles. The quantitative estimate of drug-likeness (QED) is 0.435. The molecule has 0 aliphatic carbocycles. The summed E-state index contributed by atoms with van der Waals surface area (Å²) < 4.78 is 10.1. The van der Waals surface area contributed by atoms with Crippen LogP contribution < -0.4 is 4.74 Å². The average Bonchev–Trinajstić information content (AvgIpc) is 2.36. The third-order valence-corrected chi connectivity index (χ3v) is 2.89. The van der Waals surface area contributed by atoms with Gasteiger partial charge in [-0.2, -0.15) is 0 Å². The minimum atomic E-state index is -0.420. The monoisotopic (exact) mass is 273 g/mol. The van der Waals surface area contributed by atoms with E-state index < -0.39 is 4.92 Å². The lowest BCUT2D eigenvalue weighted by atomic mass is 10.1. The minimum Gasteiger partial charge on any atom is -0.496 e. The van der Waals surface area contributed by atoms with Crippen LogP contribution >= 0.6 is 11.6 Å². The Balaban J connectivity index is 2.78. The Labute approximate surface area is 111 Å². The second kappa shape index (κ2) is 7.18. The van der Waals surface area contributed by atoms with E-state index in [1.54, 1.807) is 13.2 Å². The van der Waals surface area contributed by atoms with E-state index in [1.165, 1.54) is 19.2 Å². The van der Waals surface area contributed by atoms with Crippen molar-refractivity contribution in [2.45, 2.75) is 18.2 Å². The van der Waals surface area contributed by atoms with Crippen LogP contribution in [0.3, 0.4) is 0 Å². The van der Waals surface area contributed by atoms with E-state index in [-0.39, 0.29) is 11.1 Å². The van der Waals surface area contributed by atoms with Gasteiger partial charge in [0.2, 0.25) is 0 Å². The van der Waals surface area contributed by atoms with Gasteiger partial charge in [0.25, 0.3) is 5.69 Å². The van der Waals surface area contributed by atoms with Crippen molar-refractivity contribution in [3.8, 4) is 5.75 Å². The Hall–Kier alpha value is -1.33. The third kappa shape index (κ3) is 4.16. The summed E-state index contributed by atoms with van der Waals surface area (Å²) in [4.78, 5) is 10.3. The first-order valence-electron chi connectivity index (χ1n) is 5.52. The highest BCUT2D eigenvalue weighted by molar-refractivity contribution is 6.20. The first-order valence-corrected chi connectivity index (χ1v) is 5.96. The van der Waals surface area contributed by atoms with Gasteiger partial charge in [0.05, 0.1) is 24.0 Å². The molecule has 0 spiro atoms. The molecule has 0 aliphatic rings. The maximum absolute atomic E-state index is 10.7. The van der Waals surface area contributed by atoms with E-state index in [0.717, 1.165) is 5.56 Å². The second-order valence-corrected chi connectivity index (χ2v) is 4.46. The second-order valence-electron chi connectivity index (χ2n) is 3.84. The number of nitrogens with zero attached hydrogens (tertiary/aromatic N) is 1. The first kappa shape index (κ1) is 14.7. The number of non-ortho nitro benzene ring substituents is 1. The van der Waals surface area contributed by atoms with Gasteiger partial charge in [0.1, 0.15) is 5.75 Å². The molecule has 0 radical (unpaired) electrons. The molecule has 100 valence electrons. The van der Waals surface area contributed by atoms with E-state index in [4.69, 9.17) is 21.1 Å². The fourth-order valence-corrected chi connectivity index (χ4v) is 1.89. The molecule has 0 bridgehead atoms. The molecule has 0 amide bonds. The van der Waals surface area contributed by atoms with E-state index in [9.17, 15) is 10.1 Å². The van der Waals surface area contributed by atoms with Gasteiger partial charge in [0.15, 0.2) is 0 Å². The van der Waals surface area contributed by atoms with Crippen molar-refractivity contribution >= 4 is 17.3 Å². The fraction of sp³-hybridized carbons (Fsp3) is 0.500. The van der Waals surface area contributed by atoms with Gasteiger partial charge in [-0.15, -0.1) is 11.6 Å². The van der Waals surface area contributed by atoms with Crippen molar-refractivity contribution in [1.29, 1.82) is 0 Å². The number of hydrogen-bond acceptors (Lipinski definition) is 4. The highest BCUT2D eigenvalue weighted by atomic mass is 35.5. The number of benzene rings is 1. The van der Waals surface area contributed by atoms with Crippen LogP contribution in [0, 0.1) is 10.1 Å². The maximum atomic E-state index is 10.7. The van der Waals surface area contributed by atoms with Crippen LogP contribution in [-0.2, 0) is 11.2 Å². The summed E-state index contributed by atoms with van der Waals surface area (Å²) in [6.45, 7) is 0.457. The molecule has 0 N–H and O–H groups in total. The normalized spacial score (nSPS) is 12.2. The molecule has 0 heterocycles. The molecule has 1 aromatic carbocycles. The topological polar surface area (TPSA) is 61.6 Å². The van der Waals surface area contributed by atoms with Crippen LogP contribution in [0.1, 0.15) is 12.0 Å². The van der Waals surface area contributed by atoms with E-state index in [0.29, 0.717) is 25.2 Å². The van der Waals surface area contributed by atoms with Gasteiger partial charge in [0, 0.05) is 24.8 Å². The predicted molar refractivity (Wildman–Crippen MR) is 69.5 cm³/mol. The summed E-state index contributed by atoms with van der Waals surface area (Å²) in [5.41, 5.74) is 0.845. The van der Waals surface area contributed by atoms with Crippen molar-refractivity contribution < 1.29 is 14.4 Å². The van der Waals surface area contributed by atoms with Gasteiger partial charge >= 0.3 is 0 Å². The number of alkyl halides is 1. The van der Waals surface area contributed by atoms with Gasteiger partial charge < -0.3 is 9.47 Å². The molecule has 0 aliphatic heterocycles. The highest BCUT2D eigenvalue weighted by Crippen LogP contribution is 2.26. The largest absolute Gasteiger partial charge is 0.496 e. The van der Waals surface area contributed by atoms with Gasteiger partial charge in [-0.3, -0.25) is 10.1 Å². The molecule has 5 nitrogen and oxygen atoms in total. The Morgan fingerprint density at radius 1 is 1.44 bits per heavy atom. The van der Waals surface area contributed by atoms with Crippen LogP contribution in [0.25, 0.3) is 0 Å². The number of nitro groups is 1. The van der Waals surface area contributed by atoms with E-state index in [1.807, 2.05) is 0 Å². The lowest BCUT2D eigenvalue weighted by Crippen LogP contribution is -2.08. The maximum Gasteiger partial charge on any atom is 0.269 e. The zero-order valence-corrected chi connectivity index (χ0v) is 11.1. The highest BCUT2D eigenvalue weighted by Gasteiger charge is 2.13. The van der Waals surface area contributed by atoms with E-state index in [2.05, 4.69) is 0 Å². The molecular weight excluding hydrogens is 258 g/mol. The van der Waals surface area contributed by atoms with Crippen molar-refractivity contribution in [3.63, 3.8) is 0 Å². The van der Waals surface area contributed by atoms with Crippen LogP contribution in [0.15, 0.2) is 18.2 Å². The third-order valence-electron chi connectivity index (χ3n) is 2.55. The number of nitro benzene ring substituents is 1. The van der Waals surface area contributed by atoms with E-state index >= 15 is 0 Å². The summed E-state index contributed by atoms with van der Waals surface area (Å²) in [5.74, 6) is 0.641. The summed E-state index contributed by atoms with van der Waals surface area (Å²) >= 11 is 6.03. The van der Waals surface area contributed by atoms with Crippen LogP contribution in [-0.4, -0.2) is 31.1 Å². The number of methoxy groups -OCH3 is 2. The van der Waals surface area contributed by atoms with Gasteiger partial charge in [-0.1, -0.05) is 0 Å². The lowest BCUT2D eigenvalue weighted by Gasteiger charge is -2.11. The molecule has 0 fully saturated rings. The van der Waals surface area contributed by atoms with Crippen molar-refractivity contribution in [1.82, 2.24) is 0 Å². The number of halogens is 1. The molecule has 0 saturated heterocycles. The van der Waals surface area contributed by atoms with Gasteiger partial charge in [-0.05, 0) is 18.9 Å². The molecule has 1 rings (SSSR count). The lowest BCUT2D eigenvalue weighted by molar-refractivity contribution is -0.384. The smallest absolute Gasteiger partial charge is 0.269 e. The van der Waals surface area contributed by atoms with Crippen LogP contribution in [0.4, 0.5) is 5.69 Å². The molecular formula is C12H16ClNO4. The number of hydrogen-bond donors (Lipinski definition) is 0. The zero-order valence-electron chi connectivity index (χ0n) is 10.4. The Morgan fingerprint density at radius 3 is 2.72 bits per heavy atom. The zero-order chi connectivity index (χ0) is 13.5. The van der Waals surface area contributed by atoms with Crippen molar-refractivity contribution in [3.05, 3.63) is 33.9 Å². The fourth-order valence-electron chi connectivity index (χ4n) is 1.65. The average molecular weight is 274 g/mol. The Morgan fingerprint density at radius 2 is 2.17 bits per heavy atom. The first-order chi connectivity index (χ1) is 8.58. The molecule has 18 heavy (non-hydrogen) atoms.